The minimum Gasteiger partial charge on any atom is -0.481 e. The van der Waals surface area contributed by atoms with E-state index in [9.17, 15) is 4.79 Å². The number of hydrogen-bond donors (Lipinski definition) is 0. The molecule has 0 bridgehead atoms. The van der Waals surface area contributed by atoms with Gasteiger partial charge in [-0.25, -0.2) is 4.98 Å². The highest BCUT2D eigenvalue weighted by atomic mass is 35.5. The summed E-state index contributed by atoms with van der Waals surface area (Å²) in [6.45, 7) is 1.78. The molecule has 0 radical (unpaired) electrons. The molecule has 0 aliphatic carbocycles. The maximum atomic E-state index is 10.8. The lowest BCUT2D eigenvalue weighted by Crippen LogP contribution is -1.96. The van der Waals surface area contributed by atoms with E-state index >= 15 is 0 Å². The molecule has 3 nitrogen and oxygen atoms in total. The van der Waals surface area contributed by atoms with Crippen LogP contribution in [0.15, 0.2) is 12.3 Å². The van der Waals surface area contributed by atoms with Gasteiger partial charge in [0.15, 0.2) is 0 Å². The molecule has 64 valence electrons. The van der Waals surface area contributed by atoms with Crippen molar-refractivity contribution in [3.8, 4) is 5.88 Å². The van der Waals surface area contributed by atoms with Gasteiger partial charge in [0.25, 0.3) is 5.24 Å². The van der Waals surface area contributed by atoms with Crippen molar-refractivity contribution < 1.29 is 9.53 Å². The first-order chi connectivity index (χ1) is 5.65. The molecule has 0 aromatic carbocycles. The molecule has 1 rings (SSSR count). The average Bonchev–Trinajstić information content (AvgIpc) is 2.03. The molecule has 0 spiro atoms. The van der Waals surface area contributed by atoms with Crippen LogP contribution >= 0.6 is 11.6 Å². The fraction of sp³-hybridized carbons (Fsp3) is 0.250. The van der Waals surface area contributed by atoms with Gasteiger partial charge in [0.2, 0.25) is 5.88 Å². The predicted molar refractivity (Wildman–Crippen MR) is 45.7 cm³/mol. The quantitative estimate of drug-likeness (QED) is 0.660. The molecule has 0 N–H and O–H groups in total. The van der Waals surface area contributed by atoms with Gasteiger partial charge in [0.05, 0.1) is 12.7 Å². The summed E-state index contributed by atoms with van der Waals surface area (Å²) in [6.07, 6.45) is 1.41. The summed E-state index contributed by atoms with van der Waals surface area (Å²) < 4.78 is 4.86. The van der Waals surface area contributed by atoms with Gasteiger partial charge in [0.1, 0.15) is 0 Å². The Bertz CT molecular complexity index is 312. The predicted octanol–water partition coefficient (Wildman–Crippen LogP) is 1.78. The zero-order chi connectivity index (χ0) is 9.14. The Morgan fingerprint density at radius 1 is 1.67 bits per heavy atom. The monoisotopic (exact) mass is 185 g/mol. The largest absolute Gasteiger partial charge is 0.481 e. The number of carbonyl (C=O) groups excluding carboxylic acids is 1. The molecule has 0 amide bonds. The van der Waals surface area contributed by atoms with Crippen molar-refractivity contribution in [2.75, 3.05) is 7.11 Å². The topological polar surface area (TPSA) is 39.2 Å². The normalized spacial score (nSPS) is 9.58. The van der Waals surface area contributed by atoms with Crippen LogP contribution in [-0.4, -0.2) is 17.3 Å². The summed E-state index contributed by atoms with van der Waals surface area (Å²) in [5.41, 5.74) is 1.18. The molecule has 0 unspecified atom stereocenters. The molecule has 0 saturated heterocycles. The van der Waals surface area contributed by atoms with Crippen molar-refractivity contribution in [2.24, 2.45) is 0 Å². The van der Waals surface area contributed by atoms with Gasteiger partial charge in [0, 0.05) is 12.3 Å². The molecule has 0 saturated carbocycles. The highest BCUT2D eigenvalue weighted by Crippen LogP contribution is 2.14. The molecular formula is C8H8ClNO2. The maximum absolute atomic E-state index is 10.8. The number of nitrogens with zero attached hydrogens (tertiary/aromatic N) is 1. The number of methoxy groups -OCH3 is 1. The fourth-order valence-corrected chi connectivity index (χ4v) is 1.05. The van der Waals surface area contributed by atoms with Crippen LogP contribution in [-0.2, 0) is 0 Å². The number of aromatic nitrogens is 1. The van der Waals surface area contributed by atoms with Gasteiger partial charge in [-0.05, 0) is 24.1 Å². The van der Waals surface area contributed by atoms with E-state index in [4.69, 9.17) is 16.3 Å². The van der Waals surface area contributed by atoms with Gasteiger partial charge < -0.3 is 4.74 Å². The molecule has 0 atom stereocenters. The molecule has 0 aliphatic rings. The van der Waals surface area contributed by atoms with Crippen LogP contribution in [0.5, 0.6) is 5.88 Å². The summed E-state index contributed by atoms with van der Waals surface area (Å²) in [5, 5.41) is -0.498. The molecule has 0 aliphatic heterocycles. The van der Waals surface area contributed by atoms with Gasteiger partial charge in [-0.15, -0.1) is 0 Å². The Balaban J connectivity index is 3.12. The minimum atomic E-state index is -0.498. The smallest absolute Gasteiger partial charge is 0.254 e. The van der Waals surface area contributed by atoms with E-state index in [1.54, 1.807) is 13.0 Å². The Morgan fingerprint density at radius 3 is 2.75 bits per heavy atom. The molecule has 0 fully saturated rings. The number of carbonyl (C=O) groups is 1. The van der Waals surface area contributed by atoms with Crippen LogP contribution in [0.1, 0.15) is 15.9 Å². The Kier molecular flexibility index (Phi) is 2.65. The second-order valence-electron chi connectivity index (χ2n) is 2.32. The Hall–Kier alpha value is -1.09. The summed E-state index contributed by atoms with van der Waals surface area (Å²) in [5.74, 6) is 0.481. The van der Waals surface area contributed by atoms with Crippen LogP contribution in [0.2, 0.25) is 0 Å². The first-order valence-corrected chi connectivity index (χ1v) is 3.73. The van der Waals surface area contributed by atoms with E-state index in [2.05, 4.69) is 4.98 Å². The molecule has 4 heteroatoms. The zero-order valence-electron chi connectivity index (χ0n) is 6.80. The molecular weight excluding hydrogens is 178 g/mol. The molecule has 12 heavy (non-hydrogen) atoms. The number of ether oxygens (including phenoxy) is 1. The highest BCUT2D eigenvalue weighted by molar-refractivity contribution is 6.67. The number of rotatable bonds is 2. The van der Waals surface area contributed by atoms with Crippen LogP contribution in [0, 0.1) is 6.92 Å². The van der Waals surface area contributed by atoms with Crippen molar-refractivity contribution >= 4 is 16.8 Å². The van der Waals surface area contributed by atoms with E-state index in [0.717, 1.165) is 5.56 Å². The third-order valence-corrected chi connectivity index (χ3v) is 1.71. The summed E-state index contributed by atoms with van der Waals surface area (Å²) in [6, 6.07) is 1.66. The summed E-state index contributed by atoms with van der Waals surface area (Å²) in [4.78, 5) is 14.6. The van der Waals surface area contributed by atoms with Crippen LogP contribution < -0.4 is 4.74 Å². The Morgan fingerprint density at radius 2 is 2.33 bits per heavy atom. The zero-order valence-corrected chi connectivity index (χ0v) is 7.55. The Labute approximate surface area is 75.3 Å². The van der Waals surface area contributed by atoms with E-state index in [1.165, 1.54) is 13.3 Å². The third kappa shape index (κ3) is 1.74. The fourth-order valence-electron chi connectivity index (χ4n) is 0.848. The molecule has 1 heterocycles. The van der Waals surface area contributed by atoms with Crippen LogP contribution in [0.25, 0.3) is 0 Å². The maximum Gasteiger partial charge on any atom is 0.254 e. The van der Waals surface area contributed by atoms with Crippen LogP contribution in [0.3, 0.4) is 0 Å². The lowest BCUT2D eigenvalue weighted by molar-refractivity contribution is 0.108. The first kappa shape index (κ1) is 9.00. The van der Waals surface area contributed by atoms with Gasteiger partial charge >= 0.3 is 0 Å². The van der Waals surface area contributed by atoms with E-state index in [0.29, 0.717) is 11.4 Å². The van der Waals surface area contributed by atoms with E-state index in [-0.39, 0.29) is 0 Å². The van der Waals surface area contributed by atoms with Crippen molar-refractivity contribution in [1.82, 2.24) is 4.98 Å². The average molecular weight is 186 g/mol. The number of halogens is 1. The van der Waals surface area contributed by atoms with E-state index in [1.807, 2.05) is 0 Å². The van der Waals surface area contributed by atoms with Gasteiger partial charge in [-0.3, -0.25) is 4.79 Å². The van der Waals surface area contributed by atoms with Crippen molar-refractivity contribution in [3.05, 3.63) is 23.4 Å². The number of aryl methyl sites for hydroxylation is 1. The lowest BCUT2D eigenvalue weighted by Gasteiger charge is -2.02. The second kappa shape index (κ2) is 3.54. The second-order valence-corrected chi connectivity index (χ2v) is 2.66. The number of pyridine rings is 1. The standard InChI is InChI=1S/C8H8ClNO2/c1-5-3-7(12-2)10-4-6(5)8(9)11/h3-4H,1-2H3. The van der Waals surface area contributed by atoms with Crippen LogP contribution in [0.4, 0.5) is 0 Å². The SMILES string of the molecule is COc1cc(C)c(C(=O)Cl)cn1. The lowest BCUT2D eigenvalue weighted by atomic mass is 10.2. The third-order valence-electron chi connectivity index (χ3n) is 1.51. The first-order valence-electron chi connectivity index (χ1n) is 3.35. The van der Waals surface area contributed by atoms with Crippen molar-refractivity contribution in [2.45, 2.75) is 6.92 Å². The number of hydrogen-bond acceptors (Lipinski definition) is 3. The van der Waals surface area contributed by atoms with Crippen molar-refractivity contribution in [3.63, 3.8) is 0 Å². The van der Waals surface area contributed by atoms with Gasteiger partial charge in [-0.2, -0.15) is 0 Å². The highest BCUT2D eigenvalue weighted by Gasteiger charge is 2.06. The van der Waals surface area contributed by atoms with Crippen molar-refractivity contribution in [1.29, 1.82) is 0 Å². The molecule has 1 aromatic rings. The molecule has 1 aromatic heterocycles. The summed E-state index contributed by atoms with van der Waals surface area (Å²) >= 11 is 5.28. The van der Waals surface area contributed by atoms with Gasteiger partial charge in [-0.1, -0.05) is 0 Å². The summed E-state index contributed by atoms with van der Waals surface area (Å²) in [7, 11) is 1.52. The minimum absolute atomic E-state index is 0.414. The van der Waals surface area contributed by atoms with E-state index < -0.39 is 5.24 Å².